The molecule has 2 unspecified atom stereocenters. The van der Waals surface area contributed by atoms with Crippen molar-refractivity contribution in [2.45, 2.75) is 18.5 Å². The highest BCUT2D eigenvalue weighted by atomic mass is 16.5. The quantitative estimate of drug-likeness (QED) is 0.513. The van der Waals surface area contributed by atoms with Gasteiger partial charge in [-0.3, -0.25) is 0 Å². The molecule has 1 fully saturated rings. The lowest BCUT2D eigenvalue weighted by molar-refractivity contribution is 0.340. The van der Waals surface area contributed by atoms with E-state index in [0.717, 1.165) is 34.3 Å². The smallest absolute Gasteiger partial charge is 0.245 e. The molecule has 8 heteroatoms. The maximum Gasteiger partial charge on any atom is 0.245 e. The second-order valence-corrected chi connectivity index (χ2v) is 6.50. The molecule has 0 radical (unpaired) electrons. The Labute approximate surface area is 154 Å². The Bertz CT molecular complexity index is 1090. The second kappa shape index (κ2) is 6.49. The topological polar surface area (TPSA) is 101 Å². The van der Waals surface area contributed by atoms with Crippen LogP contribution in [0.15, 0.2) is 53.3 Å². The van der Waals surface area contributed by atoms with Crippen molar-refractivity contribution >= 4 is 11.0 Å². The van der Waals surface area contributed by atoms with Crippen molar-refractivity contribution in [3.05, 3.63) is 60.2 Å². The fourth-order valence-electron chi connectivity index (χ4n) is 3.36. The van der Waals surface area contributed by atoms with Crippen molar-refractivity contribution < 1.29 is 9.26 Å². The molecule has 0 aliphatic carbocycles. The first-order valence-corrected chi connectivity index (χ1v) is 8.72. The van der Waals surface area contributed by atoms with Crippen LogP contribution in [0, 0.1) is 0 Å². The van der Waals surface area contributed by atoms with E-state index < -0.39 is 0 Å². The lowest BCUT2D eigenvalue weighted by atomic mass is 10.0. The van der Waals surface area contributed by atoms with Crippen molar-refractivity contribution in [1.82, 2.24) is 31.0 Å². The van der Waals surface area contributed by atoms with Crippen molar-refractivity contribution in [1.29, 1.82) is 0 Å². The van der Waals surface area contributed by atoms with Crippen molar-refractivity contribution in [3.63, 3.8) is 0 Å². The van der Waals surface area contributed by atoms with Crippen LogP contribution in [0.25, 0.3) is 22.4 Å². The number of fused-ring (bicyclic) bond motifs is 1. The molecule has 0 amide bonds. The highest BCUT2D eigenvalue weighted by molar-refractivity contribution is 5.79. The number of hydrazine groups is 1. The van der Waals surface area contributed by atoms with Gasteiger partial charge in [0, 0.05) is 11.6 Å². The number of benzene rings is 2. The van der Waals surface area contributed by atoms with Gasteiger partial charge in [0.2, 0.25) is 11.7 Å². The van der Waals surface area contributed by atoms with E-state index in [0.29, 0.717) is 11.7 Å². The number of methoxy groups -OCH3 is 1. The molecule has 2 aromatic heterocycles. The van der Waals surface area contributed by atoms with Gasteiger partial charge in [-0.2, -0.15) is 4.98 Å². The van der Waals surface area contributed by atoms with Crippen molar-refractivity contribution in [2.24, 2.45) is 0 Å². The predicted octanol–water partition coefficient (Wildman–Crippen LogP) is 2.90. The van der Waals surface area contributed by atoms with Gasteiger partial charge in [0.25, 0.3) is 0 Å². The molecular weight excluding hydrogens is 344 g/mol. The number of aromatic amines is 1. The van der Waals surface area contributed by atoms with Gasteiger partial charge < -0.3 is 14.2 Å². The first-order chi connectivity index (χ1) is 13.3. The van der Waals surface area contributed by atoms with Gasteiger partial charge >= 0.3 is 0 Å². The molecule has 8 nitrogen and oxygen atoms in total. The molecule has 1 aliphatic rings. The normalized spacial score (nSPS) is 19.6. The molecule has 3 heterocycles. The minimum absolute atomic E-state index is 0.0571. The van der Waals surface area contributed by atoms with E-state index in [2.05, 4.69) is 37.0 Å². The largest absolute Gasteiger partial charge is 0.497 e. The minimum Gasteiger partial charge on any atom is -0.497 e. The van der Waals surface area contributed by atoms with Crippen LogP contribution in [-0.4, -0.2) is 27.2 Å². The van der Waals surface area contributed by atoms with E-state index in [-0.39, 0.29) is 12.1 Å². The number of nitrogens with one attached hydrogen (secondary N) is 3. The van der Waals surface area contributed by atoms with E-state index in [9.17, 15) is 0 Å². The van der Waals surface area contributed by atoms with E-state index in [1.165, 1.54) is 0 Å². The average Bonchev–Trinajstić information content (AvgIpc) is 3.47. The summed E-state index contributed by atoms with van der Waals surface area (Å²) >= 11 is 0. The van der Waals surface area contributed by atoms with Crippen LogP contribution in [0.2, 0.25) is 0 Å². The molecule has 3 N–H and O–H groups in total. The standard InChI is InChI=1S/C19H18N6O2/c1-26-13-4-2-3-11(7-13)15-9-17(24-23-15)19-22-18(25-27-19)12-5-6-14-16(8-12)21-10-20-14/h2-8,10,15,17,23-24H,9H2,1H3,(H,20,21). The summed E-state index contributed by atoms with van der Waals surface area (Å²) in [6.45, 7) is 0. The van der Waals surface area contributed by atoms with Crippen LogP contribution in [-0.2, 0) is 0 Å². The van der Waals surface area contributed by atoms with Gasteiger partial charge in [-0.1, -0.05) is 17.3 Å². The fourth-order valence-corrected chi connectivity index (χ4v) is 3.36. The summed E-state index contributed by atoms with van der Waals surface area (Å²) in [4.78, 5) is 11.9. The molecule has 1 aliphatic heterocycles. The number of hydrogen-bond donors (Lipinski definition) is 3. The van der Waals surface area contributed by atoms with Crippen LogP contribution in [0.5, 0.6) is 5.75 Å². The molecule has 2 aromatic carbocycles. The lowest BCUT2D eigenvalue weighted by Crippen LogP contribution is -2.26. The third kappa shape index (κ3) is 2.94. The van der Waals surface area contributed by atoms with Crippen LogP contribution in [0.1, 0.15) is 30.0 Å². The van der Waals surface area contributed by atoms with Crippen LogP contribution < -0.4 is 15.6 Å². The zero-order chi connectivity index (χ0) is 18.2. The number of rotatable bonds is 4. The van der Waals surface area contributed by atoms with E-state index in [1.54, 1.807) is 13.4 Å². The number of aromatic nitrogens is 4. The summed E-state index contributed by atoms with van der Waals surface area (Å²) in [7, 11) is 1.67. The summed E-state index contributed by atoms with van der Waals surface area (Å²) in [6.07, 6.45) is 2.47. The number of imidazole rings is 1. The Balaban J connectivity index is 1.35. The Hall–Kier alpha value is -3.23. The molecular formula is C19H18N6O2. The van der Waals surface area contributed by atoms with Gasteiger partial charge in [0.15, 0.2) is 0 Å². The molecule has 0 spiro atoms. The van der Waals surface area contributed by atoms with E-state index in [1.807, 2.05) is 36.4 Å². The molecule has 136 valence electrons. The summed E-state index contributed by atoms with van der Waals surface area (Å²) in [6, 6.07) is 14.0. The van der Waals surface area contributed by atoms with Crippen molar-refractivity contribution in [2.75, 3.05) is 7.11 Å². The molecule has 4 aromatic rings. The summed E-state index contributed by atoms with van der Waals surface area (Å²) < 4.78 is 10.8. The molecule has 5 rings (SSSR count). The summed E-state index contributed by atoms with van der Waals surface area (Å²) in [5, 5.41) is 4.14. The number of H-pyrrole nitrogens is 1. The van der Waals surface area contributed by atoms with Gasteiger partial charge in [-0.05, 0) is 42.3 Å². The Morgan fingerprint density at radius 2 is 2.04 bits per heavy atom. The maximum atomic E-state index is 5.51. The Morgan fingerprint density at radius 3 is 2.96 bits per heavy atom. The summed E-state index contributed by atoms with van der Waals surface area (Å²) in [5.74, 6) is 1.97. The maximum absolute atomic E-state index is 5.51. The SMILES string of the molecule is COc1cccc(C2CC(c3nc(-c4ccc5nc[nH]c5c4)no3)NN2)c1. The summed E-state index contributed by atoms with van der Waals surface area (Å²) in [5.41, 5.74) is 10.4. The third-order valence-corrected chi connectivity index (χ3v) is 4.82. The molecule has 0 saturated carbocycles. The molecule has 27 heavy (non-hydrogen) atoms. The number of nitrogens with zero attached hydrogens (tertiary/aromatic N) is 3. The lowest BCUT2D eigenvalue weighted by Gasteiger charge is -2.10. The monoisotopic (exact) mass is 362 g/mol. The van der Waals surface area contributed by atoms with E-state index >= 15 is 0 Å². The van der Waals surface area contributed by atoms with Gasteiger partial charge in [-0.15, -0.1) is 0 Å². The predicted molar refractivity (Wildman–Crippen MR) is 98.8 cm³/mol. The van der Waals surface area contributed by atoms with E-state index in [4.69, 9.17) is 9.26 Å². The highest BCUT2D eigenvalue weighted by Gasteiger charge is 2.30. The molecule has 1 saturated heterocycles. The number of ether oxygens (including phenoxy) is 1. The molecule has 2 atom stereocenters. The third-order valence-electron chi connectivity index (χ3n) is 4.82. The first-order valence-electron chi connectivity index (χ1n) is 8.72. The zero-order valence-corrected chi connectivity index (χ0v) is 14.6. The van der Waals surface area contributed by atoms with Gasteiger partial charge in [-0.25, -0.2) is 15.8 Å². The van der Waals surface area contributed by atoms with Crippen LogP contribution in [0.3, 0.4) is 0 Å². The Kier molecular flexibility index (Phi) is 3.84. The zero-order valence-electron chi connectivity index (χ0n) is 14.6. The first kappa shape index (κ1) is 16.0. The van der Waals surface area contributed by atoms with Gasteiger partial charge in [0.05, 0.1) is 24.5 Å². The Morgan fingerprint density at radius 1 is 1.11 bits per heavy atom. The van der Waals surface area contributed by atoms with Crippen LogP contribution >= 0.6 is 0 Å². The fraction of sp³-hybridized carbons (Fsp3) is 0.211. The highest BCUT2D eigenvalue weighted by Crippen LogP contribution is 2.32. The second-order valence-electron chi connectivity index (χ2n) is 6.50. The van der Waals surface area contributed by atoms with Crippen LogP contribution in [0.4, 0.5) is 0 Å². The van der Waals surface area contributed by atoms with Gasteiger partial charge in [0.1, 0.15) is 11.8 Å². The van der Waals surface area contributed by atoms with Crippen molar-refractivity contribution in [3.8, 4) is 17.1 Å². The average molecular weight is 362 g/mol. The minimum atomic E-state index is -0.0571. The molecule has 0 bridgehead atoms. The number of hydrogen-bond acceptors (Lipinski definition) is 7.